The van der Waals surface area contributed by atoms with E-state index in [0.717, 1.165) is 25.7 Å². The van der Waals surface area contributed by atoms with E-state index in [0.29, 0.717) is 25.7 Å². The van der Waals surface area contributed by atoms with Crippen molar-refractivity contribution in [3.63, 3.8) is 0 Å². The lowest BCUT2D eigenvalue weighted by atomic mass is 9.87. The molecular formula is C15H27NO3. The van der Waals surface area contributed by atoms with Crippen molar-refractivity contribution in [1.82, 2.24) is 4.90 Å². The maximum Gasteiger partial charge on any atom is 0.223 e. The number of hydrogen-bond acceptors (Lipinski definition) is 3. The summed E-state index contributed by atoms with van der Waals surface area (Å²) in [5.41, 5.74) is 0.0545. The van der Waals surface area contributed by atoms with Gasteiger partial charge in [-0.2, -0.15) is 0 Å². The minimum absolute atomic E-state index is 0.0545. The van der Waals surface area contributed by atoms with Gasteiger partial charge in [-0.3, -0.25) is 4.79 Å². The quantitative estimate of drug-likeness (QED) is 0.773. The van der Waals surface area contributed by atoms with E-state index in [-0.39, 0.29) is 17.1 Å². The lowest BCUT2D eigenvalue weighted by Gasteiger charge is -2.39. The Morgan fingerprint density at radius 2 is 1.74 bits per heavy atom. The molecule has 1 spiro atoms. The van der Waals surface area contributed by atoms with E-state index in [4.69, 9.17) is 9.47 Å². The molecule has 0 aromatic heterocycles. The van der Waals surface area contributed by atoms with Crippen LogP contribution in [0, 0.1) is 5.41 Å². The molecule has 1 saturated carbocycles. The second-order valence-corrected chi connectivity index (χ2v) is 7.08. The van der Waals surface area contributed by atoms with Crippen LogP contribution in [0.3, 0.4) is 0 Å². The van der Waals surface area contributed by atoms with Crippen molar-refractivity contribution < 1.29 is 14.3 Å². The fourth-order valence-corrected chi connectivity index (χ4v) is 3.00. The zero-order valence-corrected chi connectivity index (χ0v) is 12.7. The van der Waals surface area contributed by atoms with Gasteiger partial charge in [-0.05, 0) is 18.3 Å². The summed E-state index contributed by atoms with van der Waals surface area (Å²) in [6.45, 7) is 7.74. The molecule has 2 aliphatic rings. The van der Waals surface area contributed by atoms with Crippen LogP contribution in [0.15, 0.2) is 0 Å². The topological polar surface area (TPSA) is 38.8 Å². The van der Waals surface area contributed by atoms with Crippen LogP contribution in [0.5, 0.6) is 0 Å². The third-order valence-corrected chi connectivity index (χ3v) is 4.15. The Labute approximate surface area is 116 Å². The molecule has 0 aromatic carbocycles. The Balaban J connectivity index is 1.85. The van der Waals surface area contributed by atoms with E-state index in [1.165, 1.54) is 0 Å². The van der Waals surface area contributed by atoms with Gasteiger partial charge >= 0.3 is 0 Å². The van der Waals surface area contributed by atoms with Crippen molar-refractivity contribution >= 4 is 5.91 Å². The van der Waals surface area contributed by atoms with Crippen LogP contribution >= 0.6 is 0 Å². The first-order chi connectivity index (χ1) is 8.81. The van der Waals surface area contributed by atoms with Gasteiger partial charge in [0.2, 0.25) is 5.91 Å². The summed E-state index contributed by atoms with van der Waals surface area (Å²) in [5.74, 6) is -0.0774. The van der Waals surface area contributed by atoms with Crippen LogP contribution < -0.4 is 0 Å². The van der Waals surface area contributed by atoms with Gasteiger partial charge in [0.1, 0.15) is 0 Å². The lowest BCUT2D eigenvalue weighted by Crippen LogP contribution is -2.45. The second kappa shape index (κ2) is 5.41. The van der Waals surface area contributed by atoms with Crippen LogP contribution in [0.2, 0.25) is 0 Å². The van der Waals surface area contributed by atoms with Gasteiger partial charge in [-0.1, -0.05) is 20.8 Å². The van der Waals surface area contributed by atoms with Gasteiger partial charge in [0.25, 0.3) is 0 Å². The molecule has 0 bridgehead atoms. The Morgan fingerprint density at radius 3 is 2.21 bits per heavy atom. The van der Waals surface area contributed by atoms with Crippen LogP contribution in [0.4, 0.5) is 0 Å². The normalized spacial score (nSPS) is 23.8. The highest BCUT2D eigenvalue weighted by atomic mass is 16.7. The largest absolute Gasteiger partial charge is 0.348 e. The summed E-state index contributed by atoms with van der Waals surface area (Å²) in [4.78, 5) is 14.2. The summed E-state index contributed by atoms with van der Waals surface area (Å²) < 4.78 is 11.4. The van der Waals surface area contributed by atoms with E-state index in [1.54, 1.807) is 0 Å². The Bertz CT molecular complexity index is 319. The van der Waals surface area contributed by atoms with Crippen molar-refractivity contribution in [2.24, 2.45) is 5.41 Å². The molecule has 110 valence electrons. The summed E-state index contributed by atoms with van der Waals surface area (Å²) >= 11 is 0. The Morgan fingerprint density at radius 1 is 1.21 bits per heavy atom. The zero-order valence-electron chi connectivity index (χ0n) is 12.7. The van der Waals surface area contributed by atoms with Gasteiger partial charge in [-0.25, -0.2) is 0 Å². The van der Waals surface area contributed by atoms with Crippen molar-refractivity contribution in [3.8, 4) is 0 Å². The Hall–Kier alpha value is -0.610. The minimum atomic E-state index is -0.329. The van der Waals surface area contributed by atoms with E-state index >= 15 is 0 Å². The first-order valence-corrected chi connectivity index (χ1v) is 7.35. The third kappa shape index (κ3) is 3.69. The minimum Gasteiger partial charge on any atom is -0.348 e. The molecule has 1 aliphatic heterocycles. The number of rotatable bonds is 2. The summed E-state index contributed by atoms with van der Waals surface area (Å²) in [5, 5.41) is 0. The fraction of sp³-hybridized carbons (Fsp3) is 0.933. The number of hydrogen-bond donors (Lipinski definition) is 0. The molecule has 4 heteroatoms. The van der Waals surface area contributed by atoms with E-state index in [2.05, 4.69) is 20.8 Å². The molecule has 1 amide bonds. The van der Waals surface area contributed by atoms with Gasteiger partial charge in [0.05, 0.1) is 13.2 Å². The average Bonchev–Trinajstić information content (AvgIpc) is 2.75. The van der Waals surface area contributed by atoms with Crippen molar-refractivity contribution in [2.75, 3.05) is 20.3 Å². The highest BCUT2D eigenvalue weighted by Crippen LogP contribution is 2.37. The van der Waals surface area contributed by atoms with Crippen LogP contribution in [0.1, 0.15) is 52.9 Å². The maximum atomic E-state index is 12.2. The summed E-state index contributed by atoms with van der Waals surface area (Å²) in [6, 6.07) is 0.341. The van der Waals surface area contributed by atoms with Crippen LogP contribution in [-0.4, -0.2) is 42.9 Å². The molecule has 1 saturated heterocycles. The monoisotopic (exact) mass is 269 g/mol. The third-order valence-electron chi connectivity index (χ3n) is 4.15. The van der Waals surface area contributed by atoms with E-state index < -0.39 is 0 Å². The number of ether oxygens (including phenoxy) is 2. The fourth-order valence-electron chi connectivity index (χ4n) is 3.00. The van der Waals surface area contributed by atoms with Gasteiger partial charge in [-0.15, -0.1) is 0 Å². The summed E-state index contributed by atoms with van der Waals surface area (Å²) in [7, 11) is 1.94. The number of amides is 1. The lowest BCUT2D eigenvalue weighted by molar-refractivity contribution is -0.184. The molecule has 19 heavy (non-hydrogen) atoms. The molecule has 0 N–H and O–H groups in total. The molecule has 2 fully saturated rings. The van der Waals surface area contributed by atoms with Gasteiger partial charge in [0, 0.05) is 32.4 Å². The predicted molar refractivity (Wildman–Crippen MR) is 73.7 cm³/mol. The van der Waals surface area contributed by atoms with Gasteiger partial charge in [0.15, 0.2) is 5.79 Å². The summed E-state index contributed by atoms with van der Waals surface area (Å²) in [6.07, 6.45) is 4.38. The smallest absolute Gasteiger partial charge is 0.223 e. The zero-order chi connectivity index (χ0) is 14.1. The highest BCUT2D eigenvalue weighted by Gasteiger charge is 2.41. The molecule has 2 rings (SSSR count). The molecule has 1 heterocycles. The standard InChI is InChI=1S/C15H27NO3/c1-14(2,3)11-13(17)16(4)12-5-7-15(8-6-12)18-9-10-19-15/h12H,5-11H2,1-4H3. The number of carbonyl (C=O) groups is 1. The van der Waals surface area contributed by atoms with Crippen LogP contribution in [-0.2, 0) is 14.3 Å². The first-order valence-electron chi connectivity index (χ1n) is 7.35. The molecule has 0 radical (unpaired) electrons. The van der Waals surface area contributed by atoms with E-state index in [1.807, 2.05) is 11.9 Å². The first kappa shape index (κ1) is 14.8. The van der Waals surface area contributed by atoms with E-state index in [9.17, 15) is 4.79 Å². The van der Waals surface area contributed by atoms with Crippen molar-refractivity contribution in [3.05, 3.63) is 0 Å². The average molecular weight is 269 g/mol. The number of nitrogens with zero attached hydrogens (tertiary/aromatic N) is 1. The predicted octanol–water partition coefficient (Wildman–Crippen LogP) is 2.57. The molecule has 1 aliphatic carbocycles. The SMILES string of the molecule is CN(C(=O)CC(C)(C)C)C1CCC2(CC1)OCCO2. The molecular weight excluding hydrogens is 242 g/mol. The molecule has 0 aromatic rings. The van der Waals surface area contributed by atoms with Crippen molar-refractivity contribution in [1.29, 1.82) is 0 Å². The Kier molecular flexibility index (Phi) is 4.21. The van der Waals surface area contributed by atoms with Gasteiger partial charge < -0.3 is 14.4 Å². The molecule has 0 unspecified atom stereocenters. The molecule has 0 atom stereocenters. The molecule has 4 nitrogen and oxygen atoms in total. The maximum absolute atomic E-state index is 12.2. The second-order valence-electron chi connectivity index (χ2n) is 7.08. The van der Waals surface area contributed by atoms with Crippen molar-refractivity contribution in [2.45, 2.75) is 64.7 Å². The van der Waals surface area contributed by atoms with Crippen LogP contribution in [0.25, 0.3) is 0 Å². The highest BCUT2D eigenvalue weighted by molar-refractivity contribution is 5.76. The number of carbonyl (C=O) groups excluding carboxylic acids is 1.